The average Bonchev–Trinajstić information content (AvgIpc) is 2.23. The molecule has 0 bridgehead atoms. The second-order valence-corrected chi connectivity index (χ2v) is 4.76. The van der Waals surface area contributed by atoms with E-state index < -0.39 is 6.10 Å². The number of fused-ring (bicyclic) bond motifs is 1. The average molecular weight is 221 g/mol. The van der Waals surface area contributed by atoms with Crippen LogP contribution in [0.1, 0.15) is 37.5 Å². The highest BCUT2D eigenvalue weighted by atomic mass is 16.3. The second-order valence-electron chi connectivity index (χ2n) is 4.76. The number of hydrogen-bond acceptors (Lipinski definition) is 3. The van der Waals surface area contributed by atoms with Gasteiger partial charge in [0.1, 0.15) is 5.75 Å². The van der Waals surface area contributed by atoms with Crippen molar-refractivity contribution < 1.29 is 10.2 Å². The van der Waals surface area contributed by atoms with Crippen LogP contribution in [0.5, 0.6) is 5.75 Å². The van der Waals surface area contributed by atoms with Crippen LogP contribution in [-0.2, 0) is 6.42 Å². The highest BCUT2D eigenvalue weighted by molar-refractivity contribution is 5.42. The lowest BCUT2D eigenvalue weighted by Gasteiger charge is -2.32. The SMILES string of the molecule is CC(C)N[C@H]1CCc2c(O)cccc2[C@@H]1O. The number of aromatic hydroxyl groups is 1. The van der Waals surface area contributed by atoms with E-state index in [1.54, 1.807) is 12.1 Å². The molecule has 1 aliphatic carbocycles. The van der Waals surface area contributed by atoms with Crippen LogP contribution in [0.25, 0.3) is 0 Å². The molecule has 2 rings (SSSR count). The minimum absolute atomic E-state index is 0.0919. The molecule has 0 saturated heterocycles. The Morgan fingerprint density at radius 1 is 1.38 bits per heavy atom. The number of hydrogen-bond donors (Lipinski definition) is 3. The maximum Gasteiger partial charge on any atom is 0.119 e. The van der Waals surface area contributed by atoms with Crippen LogP contribution in [0.4, 0.5) is 0 Å². The van der Waals surface area contributed by atoms with E-state index in [1.807, 2.05) is 6.07 Å². The van der Waals surface area contributed by atoms with E-state index >= 15 is 0 Å². The van der Waals surface area contributed by atoms with Crippen molar-refractivity contribution in [2.45, 2.75) is 44.9 Å². The van der Waals surface area contributed by atoms with Gasteiger partial charge in [0.05, 0.1) is 6.10 Å². The van der Waals surface area contributed by atoms with Gasteiger partial charge in [-0.15, -0.1) is 0 Å². The van der Waals surface area contributed by atoms with E-state index in [0.29, 0.717) is 11.8 Å². The molecule has 0 saturated carbocycles. The smallest absolute Gasteiger partial charge is 0.119 e. The summed E-state index contributed by atoms with van der Waals surface area (Å²) in [6.45, 7) is 4.15. The molecule has 3 nitrogen and oxygen atoms in total. The van der Waals surface area contributed by atoms with Gasteiger partial charge in [0.15, 0.2) is 0 Å². The number of phenols is 1. The predicted octanol–water partition coefficient (Wildman–Crippen LogP) is 1.74. The lowest BCUT2D eigenvalue weighted by molar-refractivity contribution is 0.110. The van der Waals surface area contributed by atoms with E-state index in [1.165, 1.54) is 0 Å². The van der Waals surface area contributed by atoms with E-state index in [-0.39, 0.29) is 6.04 Å². The summed E-state index contributed by atoms with van der Waals surface area (Å²) >= 11 is 0. The Labute approximate surface area is 96.1 Å². The van der Waals surface area contributed by atoms with Crippen LogP contribution < -0.4 is 5.32 Å². The molecule has 0 amide bonds. The number of benzene rings is 1. The zero-order valence-corrected chi connectivity index (χ0v) is 9.77. The van der Waals surface area contributed by atoms with Crippen molar-refractivity contribution in [1.29, 1.82) is 0 Å². The Bertz CT molecular complexity index is 376. The van der Waals surface area contributed by atoms with Gasteiger partial charge in [0.2, 0.25) is 0 Å². The van der Waals surface area contributed by atoms with Crippen LogP contribution in [0.15, 0.2) is 18.2 Å². The molecular formula is C13H19NO2. The number of phenolic OH excluding ortho intramolecular Hbond substituents is 1. The molecule has 2 atom stereocenters. The molecule has 0 heterocycles. The molecule has 0 aliphatic heterocycles. The third kappa shape index (κ3) is 2.06. The highest BCUT2D eigenvalue weighted by Crippen LogP contribution is 2.34. The molecule has 0 fully saturated rings. The fourth-order valence-electron chi connectivity index (χ4n) is 2.42. The Morgan fingerprint density at radius 2 is 2.12 bits per heavy atom. The first-order valence-electron chi connectivity index (χ1n) is 5.84. The minimum atomic E-state index is -0.516. The minimum Gasteiger partial charge on any atom is -0.508 e. The fourth-order valence-corrected chi connectivity index (χ4v) is 2.42. The maximum absolute atomic E-state index is 10.2. The summed E-state index contributed by atoms with van der Waals surface area (Å²) in [6.07, 6.45) is 1.17. The lowest BCUT2D eigenvalue weighted by atomic mass is 9.85. The van der Waals surface area contributed by atoms with Gasteiger partial charge < -0.3 is 15.5 Å². The van der Waals surface area contributed by atoms with E-state index in [0.717, 1.165) is 24.0 Å². The number of aliphatic hydroxyl groups excluding tert-OH is 1. The van der Waals surface area contributed by atoms with Gasteiger partial charge in [0, 0.05) is 12.1 Å². The van der Waals surface area contributed by atoms with Crippen molar-refractivity contribution in [3.63, 3.8) is 0 Å². The molecule has 1 aromatic rings. The standard InChI is InChI=1S/C13H19NO2/c1-8(2)14-11-7-6-9-10(13(11)16)4-3-5-12(9)15/h3-5,8,11,13-16H,6-7H2,1-2H3/t11-,13-/m0/s1. The molecule has 0 radical (unpaired) electrons. The number of nitrogens with one attached hydrogen (secondary N) is 1. The van der Waals surface area contributed by atoms with Crippen molar-refractivity contribution in [2.75, 3.05) is 0 Å². The van der Waals surface area contributed by atoms with Crippen molar-refractivity contribution >= 4 is 0 Å². The van der Waals surface area contributed by atoms with Crippen LogP contribution in [-0.4, -0.2) is 22.3 Å². The van der Waals surface area contributed by atoms with Gasteiger partial charge in [0.25, 0.3) is 0 Å². The predicted molar refractivity (Wildman–Crippen MR) is 63.4 cm³/mol. The lowest BCUT2D eigenvalue weighted by Crippen LogP contribution is -2.41. The summed E-state index contributed by atoms with van der Waals surface area (Å²) in [5.41, 5.74) is 1.77. The van der Waals surface area contributed by atoms with Crippen molar-refractivity contribution in [1.82, 2.24) is 5.32 Å². The van der Waals surface area contributed by atoms with E-state index in [9.17, 15) is 10.2 Å². The van der Waals surface area contributed by atoms with Crippen molar-refractivity contribution in [3.8, 4) is 5.75 Å². The van der Waals surface area contributed by atoms with Gasteiger partial charge in [-0.25, -0.2) is 0 Å². The molecule has 88 valence electrons. The molecule has 0 spiro atoms. The van der Waals surface area contributed by atoms with Crippen LogP contribution in [0.2, 0.25) is 0 Å². The van der Waals surface area contributed by atoms with Crippen LogP contribution in [0, 0.1) is 0 Å². The maximum atomic E-state index is 10.2. The summed E-state index contributed by atoms with van der Waals surface area (Å²) in [4.78, 5) is 0. The molecule has 16 heavy (non-hydrogen) atoms. The second kappa shape index (κ2) is 4.44. The third-order valence-electron chi connectivity index (χ3n) is 3.14. The fraction of sp³-hybridized carbons (Fsp3) is 0.538. The highest BCUT2D eigenvalue weighted by Gasteiger charge is 2.29. The topological polar surface area (TPSA) is 52.5 Å². The Morgan fingerprint density at radius 3 is 2.81 bits per heavy atom. The first-order valence-corrected chi connectivity index (χ1v) is 5.84. The quantitative estimate of drug-likeness (QED) is 0.713. The zero-order chi connectivity index (χ0) is 11.7. The third-order valence-corrected chi connectivity index (χ3v) is 3.14. The first kappa shape index (κ1) is 11.4. The van der Waals surface area contributed by atoms with Crippen LogP contribution in [0.3, 0.4) is 0 Å². The van der Waals surface area contributed by atoms with Gasteiger partial charge in [-0.05, 0) is 30.0 Å². The Kier molecular flexibility index (Phi) is 3.17. The first-order chi connectivity index (χ1) is 7.59. The zero-order valence-electron chi connectivity index (χ0n) is 9.77. The molecule has 3 heteroatoms. The van der Waals surface area contributed by atoms with Gasteiger partial charge in [-0.1, -0.05) is 26.0 Å². The molecular weight excluding hydrogens is 202 g/mol. The van der Waals surface area contributed by atoms with Crippen molar-refractivity contribution in [2.24, 2.45) is 0 Å². The molecule has 0 aromatic heterocycles. The van der Waals surface area contributed by atoms with Gasteiger partial charge in [-0.2, -0.15) is 0 Å². The van der Waals surface area contributed by atoms with Crippen molar-refractivity contribution in [3.05, 3.63) is 29.3 Å². The number of rotatable bonds is 2. The van der Waals surface area contributed by atoms with Crippen LogP contribution >= 0.6 is 0 Å². The van der Waals surface area contributed by atoms with E-state index in [4.69, 9.17) is 0 Å². The van der Waals surface area contributed by atoms with Gasteiger partial charge >= 0.3 is 0 Å². The Hall–Kier alpha value is -1.06. The van der Waals surface area contributed by atoms with E-state index in [2.05, 4.69) is 19.2 Å². The summed E-state index contributed by atoms with van der Waals surface area (Å²) in [5.74, 6) is 0.305. The normalized spacial score (nSPS) is 24.5. The van der Waals surface area contributed by atoms with Gasteiger partial charge in [-0.3, -0.25) is 0 Å². The summed E-state index contributed by atoms with van der Waals surface area (Å²) in [7, 11) is 0. The number of aliphatic hydroxyl groups is 1. The Balaban J connectivity index is 2.25. The largest absolute Gasteiger partial charge is 0.508 e. The molecule has 3 N–H and O–H groups in total. The summed E-state index contributed by atoms with van der Waals surface area (Å²) in [5, 5.41) is 23.3. The molecule has 1 aliphatic rings. The summed E-state index contributed by atoms with van der Waals surface area (Å²) in [6, 6.07) is 5.82. The molecule has 1 aromatic carbocycles. The molecule has 0 unspecified atom stereocenters. The summed E-state index contributed by atoms with van der Waals surface area (Å²) < 4.78 is 0. The monoisotopic (exact) mass is 221 g/mol.